The molecule has 0 fully saturated rings. The van der Waals surface area contributed by atoms with Crippen molar-refractivity contribution in [1.82, 2.24) is 0 Å². The molecule has 0 amide bonds. The van der Waals surface area contributed by atoms with Crippen molar-refractivity contribution in [2.75, 3.05) is 0 Å². The van der Waals surface area contributed by atoms with Gasteiger partial charge in [-0.05, 0) is 55.8 Å². The Hall–Kier alpha value is 0. The zero-order valence-corrected chi connectivity index (χ0v) is 56.4. The molecule has 78 heavy (non-hydrogen) atoms. The topological polar surface area (TPSA) is 0 Å². The van der Waals surface area contributed by atoms with Crippen LogP contribution in [0.2, 0.25) is 0 Å². The van der Waals surface area contributed by atoms with Crippen molar-refractivity contribution in [3.05, 3.63) is 0 Å². The lowest BCUT2D eigenvalue weighted by molar-refractivity contribution is 0.0139. The largest absolute Gasteiger partial charge is 0.0654 e. The molecule has 0 heteroatoms. The van der Waals surface area contributed by atoms with Gasteiger partial charge in [-0.3, -0.25) is 0 Å². The second-order valence-electron chi connectivity index (χ2n) is 27.4. The molecule has 1 atom stereocenters. The Morgan fingerprint density at radius 1 is 0.141 bits per heavy atom. The Morgan fingerprint density at radius 3 is 0.397 bits per heavy atom. The predicted octanol–water partition coefficient (Wildman–Crippen LogP) is 30.2. The van der Waals surface area contributed by atoms with Crippen LogP contribution in [0.3, 0.4) is 0 Å². The van der Waals surface area contributed by atoms with Crippen LogP contribution in [0, 0.1) is 17.3 Å². The Balaban J connectivity index is 6.69. The fourth-order valence-electron chi connectivity index (χ4n) is 14.6. The maximum atomic E-state index is 2.37. The number of rotatable bonds is 71. The van der Waals surface area contributed by atoms with Crippen molar-refractivity contribution >= 4 is 0 Å². The molecule has 0 aromatic heterocycles. The summed E-state index contributed by atoms with van der Waals surface area (Å²) >= 11 is 0. The van der Waals surface area contributed by atoms with Gasteiger partial charge in [-0.15, -0.1) is 0 Å². The van der Waals surface area contributed by atoms with Gasteiger partial charge in [0.05, 0.1) is 0 Å². The van der Waals surface area contributed by atoms with Crippen LogP contribution in [-0.2, 0) is 0 Å². The first kappa shape index (κ1) is 78.0. The molecule has 0 spiro atoms. The highest BCUT2D eigenvalue weighted by Gasteiger charge is 2.43. The smallest absolute Gasteiger partial charge is 0.0241 e. The average molecular weight is 1100 g/mol. The van der Waals surface area contributed by atoms with Crippen molar-refractivity contribution in [2.45, 2.75) is 485 Å². The highest BCUT2D eigenvalue weighted by atomic mass is 14.5. The van der Waals surface area contributed by atoms with Crippen LogP contribution in [-0.4, -0.2) is 0 Å². The average Bonchev–Trinajstić information content (AvgIpc) is 3.49. The van der Waals surface area contributed by atoms with E-state index in [1.807, 2.05) is 0 Å². The molecule has 0 bridgehead atoms. The number of hydrogen-bond acceptors (Lipinski definition) is 0. The van der Waals surface area contributed by atoms with E-state index in [-0.39, 0.29) is 0 Å². The molecule has 470 valence electrons. The van der Waals surface area contributed by atoms with Crippen molar-refractivity contribution in [1.29, 1.82) is 0 Å². The lowest BCUT2D eigenvalue weighted by Gasteiger charge is -2.49. The van der Waals surface area contributed by atoms with Crippen LogP contribution in [0.5, 0.6) is 0 Å². The van der Waals surface area contributed by atoms with Crippen LogP contribution in [0.1, 0.15) is 485 Å². The molecule has 0 aliphatic rings. The summed E-state index contributed by atoms with van der Waals surface area (Å²) in [6.07, 6.45) is 103. The molecule has 0 aliphatic carbocycles. The third-order valence-electron chi connectivity index (χ3n) is 20.0. The molecule has 0 aromatic rings. The molecular weight excluding hydrogens is 937 g/mol. The standard InChI is InChI=1S/C78H158/c1-7-13-19-25-31-37-43-44-45-49-55-61-67-73-77(72-66-60-54-48-40-34-28-22-16-10-4)78(74-68-62-56-50-41-35-29-23-17-11-5,75-69-63-57-51-42-36-30-24-18-12-6)76(70-64-58-52-46-38-32-26-20-14-8-2)71-65-59-53-47-39-33-27-21-15-9-3/h76-77H,7-75H2,1-6H3. The molecule has 0 saturated heterocycles. The van der Waals surface area contributed by atoms with E-state index in [2.05, 4.69) is 41.5 Å². The molecule has 0 aromatic carbocycles. The number of unbranched alkanes of at least 4 members (excludes halogenated alkanes) is 57. The monoisotopic (exact) mass is 1100 g/mol. The second-order valence-corrected chi connectivity index (χ2v) is 27.4. The van der Waals surface area contributed by atoms with Gasteiger partial charge >= 0.3 is 0 Å². The maximum absolute atomic E-state index is 2.37. The quantitative estimate of drug-likeness (QED) is 0.0533. The van der Waals surface area contributed by atoms with Gasteiger partial charge in [0, 0.05) is 0 Å². The molecule has 0 heterocycles. The van der Waals surface area contributed by atoms with E-state index in [0.717, 1.165) is 11.8 Å². The van der Waals surface area contributed by atoms with E-state index in [9.17, 15) is 0 Å². The lowest BCUT2D eigenvalue weighted by atomic mass is 9.56. The van der Waals surface area contributed by atoms with Crippen molar-refractivity contribution in [2.24, 2.45) is 17.3 Å². The van der Waals surface area contributed by atoms with Gasteiger partial charge in [-0.1, -0.05) is 446 Å². The van der Waals surface area contributed by atoms with Gasteiger partial charge in [-0.2, -0.15) is 0 Å². The highest BCUT2D eigenvalue weighted by Crippen LogP contribution is 2.53. The zero-order chi connectivity index (χ0) is 56.4. The van der Waals surface area contributed by atoms with Gasteiger partial charge in [0.1, 0.15) is 0 Å². The van der Waals surface area contributed by atoms with Crippen molar-refractivity contribution in [3.63, 3.8) is 0 Å². The van der Waals surface area contributed by atoms with Crippen molar-refractivity contribution in [3.8, 4) is 0 Å². The summed E-state index contributed by atoms with van der Waals surface area (Å²) in [6.45, 7) is 14.2. The lowest BCUT2D eigenvalue weighted by Crippen LogP contribution is -2.39. The fourth-order valence-corrected chi connectivity index (χ4v) is 14.6. The Morgan fingerprint density at radius 2 is 0.256 bits per heavy atom. The first-order valence-corrected chi connectivity index (χ1v) is 38.7. The minimum absolute atomic E-state index is 0.579. The summed E-state index contributed by atoms with van der Waals surface area (Å²) < 4.78 is 0. The highest BCUT2D eigenvalue weighted by molar-refractivity contribution is 4.93. The van der Waals surface area contributed by atoms with Crippen LogP contribution >= 0.6 is 0 Å². The van der Waals surface area contributed by atoms with Crippen molar-refractivity contribution < 1.29 is 0 Å². The predicted molar refractivity (Wildman–Crippen MR) is 362 cm³/mol. The SMILES string of the molecule is CCCCCCCCCCCCCCCC(CCCCCCCCCCCC)C(CCCCCCCCCCCC)(CCCCCCCCCCCC)C(CCCCCCCCCCCC)CCCCCCCCCCCC. The third-order valence-corrected chi connectivity index (χ3v) is 20.0. The molecular formula is C78H158. The second kappa shape index (κ2) is 67.8. The maximum Gasteiger partial charge on any atom is -0.0241 e. The zero-order valence-electron chi connectivity index (χ0n) is 56.4. The van der Waals surface area contributed by atoms with E-state index in [1.54, 1.807) is 38.5 Å². The van der Waals surface area contributed by atoms with Gasteiger partial charge in [0.2, 0.25) is 0 Å². The molecule has 0 radical (unpaired) electrons. The molecule has 0 rings (SSSR count). The van der Waals surface area contributed by atoms with Gasteiger partial charge in [0.25, 0.3) is 0 Å². The Bertz CT molecular complexity index is 977. The number of hydrogen-bond donors (Lipinski definition) is 0. The van der Waals surface area contributed by atoms with Gasteiger partial charge in [0.15, 0.2) is 0 Å². The summed E-state index contributed by atoms with van der Waals surface area (Å²) in [5.41, 5.74) is 0.579. The molecule has 0 N–H and O–H groups in total. The van der Waals surface area contributed by atoms with E-state index in [4.69, 9.17) is 0 Å². The van der Waals surface area contributed by atoms with Gasteiger partial charge in [-0.25, -0.2) is 0 Å². The minimum atomic E-state index is 0.579. The van der Waals surface area contributed by atoms with Crippen LogP contribution in [0.25, 0.3) is 0 Å². The Kier molecular flexibility index (Phi) is 67.8. The third kappa shape index (κ3) is 54.0. The summed E-state index contributed by atoms with van der Waals surface area (Å²) in [5.74, 6) is 1.93. The summed E-state index contributed by atoms with van der Waals surface area (Å²) in [4.78, 5) is 0. The van der Waals surface area contributed by atoms with E-state index in [1.165, 1.54) is 405 Å². The summed E-state index contributed by atoms with van der Waals surface area (Å²) in [5, 5.41) is 0. The van der Waals surface area contributed by atoms with Crippen LogP contribution in [0.4, 0.5) is 0 Å². The van der Waals surface area contributed by atoms with E-state index < -0.39 is 0 Å². The van der Waals surface area contributed by atoms with Crippen LogP contribution in [0.15, 0.2) is 0 Å². The van der Waals surface area contributed by atoms with Gasteiger partial charge < -0.3 is 0 Å². The minimum Gasteiger partial charge on any atom is -0.0654 e. The summed E-state index contributed by atoms with van der Waals surface area (Å²) in [7, 11) is 0. The molecule has 1 unspecified atom stereocenters. The normalized spacial score (nSPS) is 12.5. The van der Waals surface area contributed by atoms with E-state index in [0.29, 0.717) is 5.41 Å². The first-order chi connectivity index (χ1) is 38.7. The Labute approximate surface area is 499 Å². The first-order valence-electron chi connectivity index (χ1n) is 38.7. The molecule has 0 saturated carbocycles. The summed E-state index contributed by atoms with van der Waals surface area (Å²) in [6, 6.07) is 0. The van der Waals surface area contributed by atoms with Crippen LogP contribution < -0.4 is 0 Å². The fraction of sp³-hybridized carbons (Fsp3) is 1.00. The van der Waals surface area contributed by atoms with E-state index >= 15 is 0 Å². The molecule has 0 aliphatic heterocycles. The molecule has 0 nitrogen and oxygen atoms in total.